The Hall–Kier alpha value is -3.38. The molecule has 0 spiro atoms. The van der Waals surface area contributed by atoms with Crippen LogP contribution < -0.4 is 21.5 Å². The zero-order chi connectivity index (χ0) is 22.0. The van der Waals surface area contributed by atoms with Crippen LogP contribution in [-0.4, -0.2) is 44.9 Å². The van der Waals surface area contributed by atoms with Crippen molar-refractivity contribution in [1.29, 1.82) is 5.26 Å². The molecule has 9 heteroatoms. The van der Waals surface area contributed by atoms with Crippen molar-refractivity contribution in [3.63, 3.8) is 0 Å². The van der Waals surface area contributed by atoms with E-state index in [1.54, 1.807) is 13.1 Å². The van der Waals surface area contributed by atoms with Crippen molar-refractivity contribution in [3.8, 4) is 6.07 Å². The molecule has 1 aromatic carbocycles. The Morgan fingerprint density at radius 2 is 1.97 bits per heavy atom. The van der Waals surface area contributed by atoms with Gasteiger partial charge in [0.2, 0.25) is 5.95 Å². The lowest BCUT2D eigenvalue weighted by Crippen LogP contribution is -2.39. The lowest BCUT2D eigenvalue weighted by Gasteiger charge is -2.22. The van der Waals surface area contributed by atoms with E-state index in [-0.39, 0.29) is 11.2 Å². The Morgan fingerprint density at radius 3 is 2.74 bits per heavy atom. The molecule has 2 aromatic heterocycles. The van der Waals surface area contributed by atoms with Gasteiger partial charge in [-0.15, -0.1) is 0 Å². The summed E-state index contributed by atoms with van der Waals surface area (Å²) in [5.74, 6) is 0.660. The molecule has 3 aromatic rings. The quantitative estimate of drug-likeness (QED) is 0.660. The maximum Gasteiger partial charge on any atom is 0.332 e. The molecule has 3 heterocycles. The first-order valence-corrected chi connectivity index (χ1v) is 10.7. The smallest absolute Gasteiger partial charge is 0.332 e. The molecule has 4 rings (SSSR count). The van der Waals surface area contributed by atoms with E-state index in [4.69, 9.17) is 4.98 Å². The van der Waals surface area contributed by atoms with Crippen LogP contribution in [0, 0.1) is 11.3 Å². The molecule has 1 saturated heterocycles. The summed E-state index contributed by atoms with van der Waals surface area (Å²) in [5.41, 5.74) is 1.46. The Labute approximate surface area is 180 Å². The minimum atomic E-state index is -0.356. The second-order valence-electron chi connectivity index (χ2n) is 7.83. The van der Waals surface area contributed by atoms with Gasteiger partial charge in [-0.25, -0.2) is 4.79 Å². The van der Waals surface area contributed by atoms with Gasteiger partial charge in [-0.3, -0.25) is 18.5 Å². The van der Waals surface area contributed by atoms with E-state index in [0.29, 0.717) is 42.2 Å². The maximum atomic E-state index is 13.4. The fourth-order valence-electron chi connectivity index (χ4n) is 4.16. The normalized spacial score (nSPS) is 14.5. The summed E-state index contributed by atoms with van der Waals surface area (Å²) in [5, 5.41) is 12.9. The number of aryl methyl sites for hydroxylation is 1. The van der Waals surface area contributed by atoms with Crippen LogP contribution >= 0.6 is 0 Å². The molecular formula is C22H27N7O2. The first kappa shape index (κ1) is 20.9. The maximum absolute atomic E-state index is 13.4. The fraction of sp³-hybridized carbons (Fsp3) is 0.455. The van der Waals surface area contributed by atoms with E-state index in [2.05, 4.69) is 16.3 Å². The largest absolute Gasteiger partial charge is 0.341 e. The number of nitrogens with zero attached hydrogens (tertiary/aromatic N) is 6. The second-order valence-corrected chi connectivity index (χ2v) is 7.83. The van der Waals surface area contributed by atoms with Crippen LogP contribution in [0.5, 0.6) is 0 Å². The fourth-order valence-corrected chi connectivity index (χ4v) is 4.16. The van der Waals surface area contributed by atoms with Crippen LogP contribution in [0.2, 0.25) is 0 Å². The molecule has 0 bridgehead atoms. The van der Waals surface area contributed by atoms with Gasteiger partial charge in [-0.05, 0) is 31.0 Å². The van der Waals surface area contributed by atoms with Crippen molar-refractivity contribution in [2.45, 2.75) is 32.9 Å². The van der Waals surface area contributed by atoms with Crippen molar-refractivity contribution in [2.75, 3.05) is 31.1 Å². The van der Waals surface area contributed by atoms with Crippen molar-refractivity contribution >= 4 is 17.1 Å². The van der Waals surface area contributed by atoms with Crippen LogP contribution in [0.4, 0.5) is 5.95 Å². The third kappa shape index (κ3) is 3.75. The molecule has 31 heavy (non-hydrogen) atoms. The third-order valence-electron chi connectivity index (χ3n) is 5.75. The first-order valence-electron chi connectivity index (χ1n) is 10.7. The molecule has 0 atom stereocenters. The molecule has 0 aliphatic carbocycles. The number of rotatable bonds is 5. The van der Waals surface area contributed by atoms with E-state index in [1.165, 1.54) is 9.13 Å². The zero-order valence-corrected chi connectivity index (χ0v) is 18.0. The average Bonchev–Trinajstić information content (AvgIpc) is 2.96. The molecule has 1 aliphatic rings. The first-order chi connectivity index (χ1) is 15.1. The van der Waals surface area contributed by atoms with E-state index in [0.717, 1.165) is 38.2 Å². The number of nitriles is 1. The number of imidazole rings is 1. The summed E-state index contributed by atoms with van der Waals surface area (Å²) in [6, 6.07) is 9.61. The molecule has 0 amide bonds. The zero-order valence-electron chi connectivity index (χ0n) is 18.0. The molecule has 0 radical (unpaired) electrons. The highest BCUT2D eigenvalue weighted by atomic mass is 16.2. The van der Waals surface area contributed by atoms with Gasteiger partial charge in [0, 0.05) is 33.2 Å². The highest BCUT2D eigenvalue weighted by Gasteiger charge is 2.24. The Morgan fingerprint density at radius 1 is 1.16 bits per heavy atom. The van der Waals surface area contributed by atoms with E-state index >= 15 is 0 Å². The predicted molar refractivity (Wildman–Crippen MR) is 119 cm³/mol. The molecule has 0 saturated carbocycles. The Kier molecular flexibility index (Phi) is 5.91. The van der Waals surface area contributed by atoms with Crippen molar-refractivity contribution in [3.05, 3.63) is 56.2 Å². The highest BCUT2D eigenvalue weighted by molar-refractivity contribution is 5.75. The molecule has 1 fully saturated rings. The van der Waals surface area contributed by atoms with Gasteiger partial charge in [-0.1, -0.05) is 25.1 Å². The Bertz CT molecular complexity index is 1250. The number of nitrogens with one attached hydrogen (secondary N) is 1. The average molecular weight is 422 g/mol. The second kappa shape index (κ2) is 8.78. The SMILES string of the molecule is CCCn1c(=O)c2c(nc(N3CCCNCC3)n2Cc2ccccc2C#N)n(C)c1=O. The minimum absolute atomic E-state index is 0.332. The van der Waals surface area contributed by atoms with E-state index < -0.39 is 0 Å². The van der Waals surface area contributed by atoms with Crippen molar-refractivity contribution in [2.24, 2.45) is 7.05 Å². The van der Waals surface area contributed by atoms with Crippen LogP contribution in [0.15, 0.2) is 33.9 Å². The molecule has 162 valence electrons. The molecule has 1 N–H and O–H groups in total. The third-order valence-corrected chi connectivity index (χ3v) is 5.75. The van der Waals surface area contributed by atoms with Gasteiger partial charge in [0.05, 0.1) is 18.2 Å². The topological polar surface area (TPSA) is 101 Å². The minimum Gasteiger partial charge on any atom is -0.341 e. The van der Waals surface area contributed by atoms with Crippen molar-refractivity contribution < 1.29 is 0 Å². The van der Waals surface area contributed by atoms with E-state index in [9.17, 15) is 14.9 Å². The lowest BCUT2D eigenvalue weighted by molar-refractivity contribution is 0.590. The number of hydrogen-bond acceptors (Lipinski definition) is 6. The van der Waals surface area contributed by atoms with Gasteiger partial charge in [0.1, 0.15) is 0 Å². The van der Waals surface area contributed by atoms with Gasteiger partial charge < -0.3 is 10.2 Å². The predicted octanol–water partition coefficient (Wildman–Crippen LogP) is 1.03. The standard InChI is InChI=1S/C22H27N7O2/c1-3-11-28-20(30)18-19(26(2)22(28)31)25-21(27-12-6-9-24-10-13-27)29(18)15-17-8-5-4-7-16(17)14-23/h4-5,7-8,24H,3,6,9-13,15H2,1-2H3. The number of fused-ring (bicyclic) bond motifs is 1. The summed E-state index contributed by atoms with van der Waals surface area (Å²) >= 11 is 0. The molecule has 9 nitrogen and oxygen atoms in total. The van der Waals surface area contributed by atoms with Crippen LogP contribution in [0.25, 0.3) is 11.2 Å². The summed E-state index contributed by atoms with van der Waals surface area (Å²) in [6.45, 7) is 5.91. The summed E-state index contributed by atoms with van der Waals surface area (Å²) in [7, 11) is 1.66. The van der Waals surface area contributed by atoms with E-state index in [1.807, 2.05) is 29.7 Å². The summed E-state index contributed by atoms with van der Waals surface area (Å²) in [4.78, 5) is 33.2. The number of anilines is 1. The van der Waals surface area contributed by atoms with Gasteiger partial charge in [-0.2, -0.15) is 10.2 Å². The lowest BCUT2D eigenvalue weighted by atomic mass is 10.1. The van der Waals surface area contributed by atoms with Crippen LogP contribution in [0.1, 0.15) is 30.9 Å². The number of benzene rings is 1. The highest BCUT2D eigenvalue weighted by Crippen LogP contribution is 2.23. The van der Waals surface area contributed by atoms with Crippen molar-refractivity contribution in [1.82, 2.24) is 24.0 Å². The molecule has 0 unspecified atom stereocenters. The van der Waals surface area contributed by atoms with Crippen LogP contribution in [-0.2, 0) is 20.1 Å². The number of hydrogen-bond donors (Lipinski definition) is 1. The monoisotopic (exact) mass is 421 g/mol. The van der Waals surface area contributed by atoms with Gasteiger partial charge >= 0.3 is 5.69 Å². The van der Waals surface area contributed by atoms with Gasteiger partial charge in [0.25, 0.3) is 5.56 Å². The van der Waals surface area contributed by atoms with Crippen LogP contribution in [0.3, 0.4) is 0 Å². The Balaban J connectivity index is 1.99. The summed E-state index contributed by atoms with van der Waals surface area (Å²) < 4.78 is 4.62. The molecule has 1 aliphatic heterocycles. The summed E-state index contributed by atoms with van der Waals surface area (Å²) in [6.07, 6.45) is 1.63. The van der Waals surface area contributed by atoms with Gasteiger partial charge in [0.15, 0.2) is 11.2 Å². The number of aromatic nitrogens is 4. The molecular weight excluding hydrogens is 394 g/mol.